The van der Waals surface area contributed by atoms with E-state index < -0.39 is 0 Å². The van der Waals surface area contributed by atoms with Crippen LogP contribution >= 0.6 is 23.5 Å². The summed E-state index contributed by atoms with van der Waals surface area (Å²) in [5, 5.41) is 17.1. The molecule has 2 aliphatic rings. The lowest BCUT2D eigenvalue weighted by molar-refractivity contribution is 0.354. The van der Waals surface area contributed by atoms with E-state index in [0.29, 0.717) is 10.5 Å². The summed E-state index contributed by atoms with van der Waals surface area (Å²) in [6, 6.07) is 0. The second kappa shape index (κ2) is 6.19. The van der Waals surface area contributed by atoms with Crippen LogP contribution in [-0.2, 0) is 0 Å². The molecular weight excluding hydrogens is 264 g/mol. The highest BCUT2D eigenvalue weighted by Crippen LogP contribution is 2.26. The summed E-state index contributed by atoms with van der Waals surface area (Å²) in [5.74, 6) is 0. The van der Waals surface area contributed by atoms with Gasteiger partial charge in [-0.3, -0.25) is 10.0 Å². The van der Waals surface area contributed by atoms with Gasteiger partial charge in [0.2, 0.25) is 0 Å². The molecule has 0 saturated carbocycles. The van der Waals surface area contributed by atoms with Gasteiger partial charge in [-0.2, -0.15) is 10.2 Å². The smallest absolute Gasteiger partial charge is 0.0940 e. The third kappa shape index (κ3) is 4.09. The van der Waals surface area contributed by atoms with E-state index in [0.717, 1.165) is 25.9 Å². The number of nitrogens with zero attached hydrogens (tertiary/aromatic N) is 4. The standard InChI is InChI=1S/C12H22N4S2/c1-9-7-15(3)13-11(17-9)5-6-12-14-16(4)8-10(2)18-12/h9-10H,5-8H2,1-4H3. The fraction of sp³-hybridized carbons (Fsp3) is 0.833. The van der Waals surface area contributed by atoms with Gasteiger partial charge in [-0.15, -0.1) is 23.5 Å². The fourth-order valence-corrected chi connectivity index (χ4v) is 4.55. The number of hydrogen-bond acceptors (Lipinski definition) is 6. The highest BCUT2D eigenvalue weighted by Gasteiger charge is 2.20. The van der Waals surface area contributed by atoms with Gasteiger partial charge in [-0.25, -0.2) is 0 Å². The van der Waals surface area contributed by atoms with Crippen LogP contribution in [0.4, 0.5) is 0 Å². The topological polar surface area (TPSA) is 31.2 Å². The van der Waals surface area contributed by atoms with Crippen LogP contribution in [0, 0.1) is 0 Å². The maximum absolute atomic E-state index is 4.59. The maximum atomic E-state index is 4.59. The molecule has 4 nitrogen and oxygen atoms in total. The lowest BCUT2D eigenvalue weighted by Gasteiger charge is -2.27. The minimum Gasteiger partial charge on any atom is -0.298 e. The highest BCUT2D eigenvalue weighted by atomic mass is 32.2. The molecule has 0 spiro atoms. The normalized spacial score (nSPS) is 29.1. The Bertz CT molecular complexity index is 322. The molecule has 0 fully saturated rings. The molecule has 2 rings (SSSR count). The van der Waals surface area contributed by atoms with Crippen LogP contribution in [0.2, 0.25) is 0 Å². The van der Waals surface area contributed by atoms with Crippen molar-refractivity contribution in [2.45, 2.75) is 37.2 Å². The van der Waals surface area contributed by atoms with Gasteiger partial charge < -0.3 is 0 Å². The second-order valence-corrected chi connectivity index (χ2v) is 8.05. The predicted octanol–water partition coefficient (Wildman–Crippen LogP) is 2.53. The van der Waals surface area contributed by atoms with E-state index >= 15 is 0 Å². The largest absolute Gasteiger partial charge is 0.298 e. The summed E-state index contributed by atoms with van der Waals surface area (Å²) in [4.78, 5) is 0. The molecule has 2 atom stereocenters. The van der Waals surface area contributed by atoms with Crippen molar-refractivity contribution in [3.63, 3.8) is 0 Å². The average molecular weight is 286 g/mol. The van der Waals surface area contributed by atoms with Crippen LogP contribution in [0.1, 0.15) is 26.7 Å². The molecule has 2 aliphatic heterocycles. The van der Waals surface area contributed by atoms with E-state index in [2.05, 4.69) is 48.2 Å². The third-order valence-electron chi connectivity index (χ3n) is 2.83. The van der Waals surface area contributed by atoms with Gasteiger partial charge in [0.1, 0.15) is 0 Å². The Morgan fingerprint density at radius 1 is 0.944 bits per heavy atom. The van der Waals surface area contributed by atoms with Gasteiger partial charge >= 0.3 is 0 Å². The average Bonchev–Trinajstić information content (AvgIpc) is 2.23. The zero-order valence-electron chi connectivity index (χ0n) is 11.6. The molecule has 0 saturated heterocycles. The van der Waals surface area contributed by atoms with Crippen LogP contribution in [0.3, 0.4) is 0 Å². The fourth-order valence-electron chi connectivity index (χ4n) is 2.22. The molecule has 0 bridgehead atoms. The molecule has 0 aromatic heterocycles. The summed E-state index contributed by atoms with van der Waals surface area (Å²) in [6.07, 6.45) is 2.04. The zero-order valence-corrected chi connectivity index (χ0v) is 13.2. The van der Waals surface area contributed by atoms with Gasteiger partial charge in [0.25, 0.3) is 0 Å². The first-order valence-electron chi connectivity index (χ1n) is 6.43. The Morgan fingerprint density at radius 2 is 1.33 bits per heavy atom. The molecule has 2 heterocycles. The molecular formula is C12H22N4S2. The number of hydrazone groups is 2. The quantitative estimate of drug-likeness (QED) is 0.798. The van der Waals surface area contributed by atoms with Gasteiger partial charge in [0, 0.05) is 50.5 Å². The van der Waals surface area contributed by atoms with Crippen molar-refractivity contribution in [2.75, 3.05) is 27.2 Å². The van der Waals surface area contributed by atoms with Crippen molar-refractivity contribution in [3.8, 4) is 0 Å². The lowest BCUT2D eigenvalue weighted by Crippen LogP contribution is -2.29. The first-order chi connectivity index (χ1) is 8.52. The molecule has 0 radical (unpaired) electrons. The summed E-state index contributed by atoms with van der Waals surface area (Å²) >= 11 is 3.82. The summed E-state index contributed by atoms with van der Waals surface area (Å²) in [6.45, 7) is 6.62. The summed E-state index contributed by atoms with van der Waals surface area (Å²) in [7, 11) is 4.11. The van der Waals surface area contributed by atoms with Crippen molar-refractivity contribution >= 4 is 33.6 Å². The van der Waals surface area contributed by atoms with E-state index in [-0.39, 0.29) is 0 Å². The Labute approximate surface area is 118 Å². The molecule has 2 unspecified atom stereocenters. The summed E-state index contributed by atoms with van der Waals surface area (Å²) in [5.41, 5.74) is 0. The van der Waals surface area contributed by atoms with Crippen LogP contribution in [0.5, 0.6) is 0 Å². The van der Waals surface area contributed by atoms with Gasteiger partial charge in [0.15, 0.2) is 0 Å². The zero-order chi connectivity index (χ0) is 13.1. The van der Waals surface area contributed by atoms with Crippen molar-refractivity contribution in [2.24, 2.45) is 10.2 Å². The first kappa shape index (κ1) is 14.1. The van der Waals surface area contributed by atoms with Gasteiger partial charge in [-0.1, -0.05) is 13.8 Å². The Hall–Kier alpha value is -0.360. The van der Waals surface area contributed by atoms with E-state index in [9.17, 15) is 0 Å². The Balaban J connectivity index is 1.88. The van der Waals surface area contributed by atoms with Crippen LogP contribution in [0.25, 0.3) is 0 Å². The van der Waals surface area contributed by atoms with Crippen LogP contribution in [-0.4, -0.2) is 57.8 Å². The van der Waals surface area contributed by atoms with E-state index in [1.54, 1.807) is 0 Å². The SMILES string of the molecule is CC1CN(C)N=C(CCC2=NN(C)CC(C)S2)S1. The second-order valence-electron chi connectivity index (χ2n) is 5.02. The summed E-state index contributed by atoms with van der Waals surface area (Å²) < 4.78 is 0. The van der Waals surface area contributed by atoms with Crippen molar-refractivity contribution in [1.82, 2.24) is 10.0 Å². The predicted molar refractivity (Wildman–Crippen MR) is 83.5 cm³/mol. The maximum Gasteiger partial charge on any atom is 0.0940 e. The molecule has 0 N–H and O–H groups in total. The van der Waals surface area contributed by atoms with Crippen molar-refractivity contribution < 1.29 is 0 Å². The molecule has 102 valence electrons. The molecule has 0 aromatic rings. The molecule has 18 heavy (non-hydrogen) atoms. The third-order valence-corrected chi connectivity index (χ3v) is 5.05. The number of hydrogen-bond donors (Lipinski definition) is 0. The minimum atomic E-state index is 0.644. The van der Waals surface area contributed by atoms with E-state index in [1.165, 1.54) is 10.1 Å². The molecule has 0 aromatic carbocycles. The monoisotopic (exact) mass is 286 g/mol. The minimum absolute atomic E-state index is 0.644. The molecule has 0 amide bonds. The van der Waals surface area contributed by atoms with Crippen molar-refractivity contribution in [3.05, 3.63) is 0 Å². The molecule has 0 aliphatic carbocycles. The van der Waals surface area contributed by atoms with E-state index in [1.807, 2.05) is 23.5 Å². The van der Waals surface area contributed by atoms with Gasteiger partial charge in [-0.05, 0) is 0 Å². The van der Waals surface area contributed by atoms with Gasteiger partial charge in [0.05, 0.1) is 10.1 Å². The highest BCUT2D eigenvalue weighted by molar-refractivity contribution is 8.15. The van der Waals surface area contributed by atoms with Crippen molar-refractivity contribution in [1.29, 1.82) is 0 Å². The lowest BCUT2D eigenvalue weighted by atomic mass is 10.3. The van der Waals surface area contributed by atoms with Crippen LogP contribution in [0.15, 0.2) is 10.2 Å². The first-order valence-corrected chi connectivity index (χ1v) is 8.19. The number of thioether (sulfide) groups is 2. The molecule has 6 heteroatoms. The van der Waals surface area contributed by atoms with Crippen LogP contribution < -0.4 is 0 Å². The Kier molecular flexibility index (Phi) is 4.84. The Morgan fingerprint density at radius 3 is 1.67 bits per heavy atom. The number of rotatable bonds is 3. The van der Waals surface area contributed by atoms with E-state index in [4.69, 9.17) is 0 Å².